The normalized spacial score (nSPS) is 22.0. The molecular weight excluding hydrogens is 270 g/mol. The average Bonchev–Trinajstić information content (AvgIpc) is 2.47. The average molecular weight is 299 g/mol. The van der Waals surface area contributed by atoms with Gasteiger partial charge in [-0.25, -0.2) is 4.79 Å². The molecule has 0 heterocycles. The van der Waals surface area contributed by atoms with Gasteiger partial charge in [0.15, 0.2) is 0 Å². The Morgan fingerprint density at radius 1 is 1.19 bits per heavy atom. The Morgan fingerprint density at radius 3 is 2.48 bits per heavy atom. The van der Waals surface area contributed by atoms with Crippen LogP contribution in [0.4, 0.5) is 4.79 Å². The molecule has 3 N–H and O–H groups in total. The molecule has 0 aliphatic heterocycles. The number of amides is 2. The van der Waals surface area contributed by atoms with Crippen molar-refractivity contribution in [3.8, 4) is 0 Å². The van der Waals surface area contributed by atoms with Crippen molar-refractivity contribution in [3.05, 3.63) is 0 Å². The molecule has 6 heteroatoms. The highest BCUT2D eigenvalue weighted by Gasteiger charge is 2.31. The fourth-order valence-electron chi connectivity index (χ4n) is 2.86. The second-order valence-corrected chi connectivity index (χ2v) is 5.62. The van der Waals surface area contributed by atoms with Crippen molar-refractivity contribution in [2.24, 2.45) is 5.92 Å². The Balaban J connectivity index is 2.24. The standard InChI is InChI=1S/C15H29N3O3/c1-3-18(4-2)11-7-10-16-15(21)17-13-9-6-5-8-12(13)14(19)20/h12-13H,3-11H2,1-2H3,(H,19,20)(H2,16,17,21). The summed E-state index contributed by atoms with van der Waals surface area (Å²) in [7, 11) is 0. The summed E-state index contributed by atoms with van der Waals surface area (Å²) < 4.78 is 0. The largest absolute Gasteiger partial charge is 0.481 e. The first-order chi connectivity index (χ1) is 10.1. The van der Waals surface area contributed by atoms with E-state index in [0.717, 1.165) is 45.3 Å². The summed E-state index contributed by atoms with van der Waals surface area (Å²) in [6, 6.07) is -0.480. The number of nitrogens with one attached hydrogen (secondary N) is 2. The van der Waals surface area contributed by atoms with Crippen LogP contribution in [0.15, 0.2) is 0 Å². The number of carbonyl (C=O) groups is 2. The minimum Gasteiger partial charge on any atom is -0.481 e. The molecule has 1 saturated carbocycles. The summed E-state index contributed by atoms with van der Waals surface area (Å²) in [6.07, 6.45) is 4.23. The third kappa shape index (κ3) is 6.33. The summed E-state index contributed by atoms with van der Waals surface area (Å²) in [5.41, 5.74) is 0. The molecule has 0 spiro atoms. The SMILES string of the molecule is CCN(CC)CCCNC(=O)NC1CCCCC1C(=O)O. The Kier molecular flexibility index (Phi) is 8.12. The van der Waals surface area contributed by atoms with E-state index in [1.54, 1.807) is 0 Å². The highest BCUT2D eigenvalue weighted by atomic mass is 16.4. The molecule has 1 rings (SSSR count). The fourth-order valence-corrected chi connectivity index (χ4v) is 2.86. The maximum Gasteiger partial charge on any atom is 0.315 e. The van der Waals surface area contributed by atoms with Crippen molar-refractivity contribution in [1.29, 1.82) is 0 Å². The van der Waals surface area contributed by atoms with E-state index in [1.165, 1.54) is 0 Å². The van der Waals surface area contributed by atoms with Gasteiger partial charge < -0.3 is 20.6 Å². The van der Waals surface area contributed by atoms with Crippen LogP contribution in [0.25, 0.3) is 0 Å². The van der Waals surface area contributed by atoms with Gasteiger partial charge in [0.05, 0.1) is 5.92 Å². The molecule has 0 bridgehead atoms. The number of carbonyl (C=O) groups excluding carboxylic acids is 1. The van der Waals surface area contributed by atoms with Crippen LogP contribution in [0.5, 0.6) is 0 Å². The van der Waals surface area contributed by atoms with E-state index in [4.69, 9.17) is 0 Å². The molecule has 2 unspecified atom stereocenters. The minimum absolute atomic E-state index is 0.237. The van der Waals surface area contributed by atoms with Gasteiger partial charge in [0, 0.05) is 12.6 Å². The van der Waals surface area contributed by atoms with Crippen LogP contribution in [0.2, 0.25) is 0 Å². The Morgan fingerprint density at radius 2 is 1.86 bits per heavy atom. The van der Waals surface area contributed by atoms with Gasteiger partial charge in [-0.3, -0.25) is 4.79 Å². The van der Waals surface area contributed by atoms with E-state index in [-0.39, 0.29) is 12.1 Å². The van der Waals surface area contributed by atoms with Crippen molar-refractivity contribution < 1.29 is 14.7 Å². The third-order valence-electron chi connectivity index (χ3n) is 4.23. The predicted molar refractivity (Wildman–Crippen MR) is 82.3 cm³/mol. The van der Waals surface area contributed by atoms with Crippen LogP contribution in [0.3, 0.4) is 0 Å². The minimum atomic E-state index is -0.804. The molecule has 122 valence electrons. The zero-order valence-corrected chi connectivity index (χ0v) is 13.2. The van der Waals surface area contributed by atoms with Gasteiger partial charge in [-0.05, 0) is 38.9 Å². The van der Waals surface area contributed by atoms with Crippen molar-refractivity contribution in [1.82, 2.24) is 15.5 Å². The lowest BCUT2D eigenvalue weighted by Gasteiger charge is -2.29. The molecule has 1 aliphatic rings. The number of rotatable bonds is 8. The second-order valence-electron chi connectivity index (χ2n) is 5.62. The number of nitrogens with zero attached hydrogens (tertiary/aromatic N) is 1. The highest BCUT2D eigenvalue weighted by Crippen LogP contribution is 2.24. The lowest BCUT2D eigenvalue weighted by Crippen LogP contribution is -2.49. The summed E-state index contributed by atoms with van der Waals surface area (Å²) in [4.78, 5) is 25.3. The molecule has 1 aliphatic carbocycles. The number of urea groups is 1. The summed E-state index contributed by atoms with van der Waals surface area (Å²) in [5, 5.41) is 14.8. The maximum absolute atomic E-state index is 11.8. The second kappa shape index (κ2) is 9.60. The smallest absolute Gasteiger partial charge is 0.315 e. The Hall–Kier alpha value is -1.30. The molecule has 21 heavy (non-hydrogen) atoms. The number of carboxylic acids is 1. The fraction of sp³-hybridized carbons (Fsp3) is 0.867. The monoisotopic (exact) mass is 299 g/mol. The lowest BCUT2D eigenvalue weighted by molar-refractivity contribution is -0.143. The number of carboxylic acid groups (broad SMARTS) is 1. The van der Waals surface area contributed by atoms with Crippen LogP contribution in [0.1, 0.15) is 46.0 Å². The molecular formula is C15H29N3O3. The van der Waals surface area contributed by atoms with Gasteiger partial charge in [-0.15, -0.1) is 0 Å². The van der Waals surface area contributed by atoms with E-state index in [9.17, 15) is 14.7 Å². The van der Waals surface area contributed by atoms with Gasteiger partial charge >= 0.3 is 12.0 Å². The Labute approximate surface area is 127 Å². The van der Waals surface area contributed by atoms with E-state index in [1.807, 2.05) is 0 Å². The van der Waals surface area contributed by atoms with Crippen molar-refractivity contribution >= 4 is 12.0 Å². The van der Waals surface area contributed by atoms with E-state index < -0.39 is 11.9 Å². The van der Waals surface area contributed by atoms with E-state index in [0.29, 0.717) is 13.0 Å². The van der Waals surface area contributed by atoms with Gasteiger partial charge in [0.1, 0.15) is 0 Å². The Bertz CT molecular complexity index is 332. The number of hydrogen-bond acceptors (Lipinski definition) is 3. The molecule has 0 saturated heterocycles. The van der Waals surface area contributed by atoms with Gasteiger partial charge in [-0.1, -0.05) is 26.7 Å². The third-order valence-corrected chi connectivity index (χ3v) is 4.23. The predicted octanol–water partition coefficient (Wildman–Crippen LogP) is 1.66. The van der Waals surface area contributed by atoms with Crippen molar-refractivity contribution in [2.75, 3.05) is 26.2 Å². The van der Waals surface area contributed by atoms with E-state index in [2.05, 4.69) is 29.4 Å². The quantitative estimate of drug-likeness (QED) is 0.595. The number of aliphatic carboxylic acids is 1. The first kappa shape index (κ1) is 17.8. The zero-order valence-electron chi connectivity index (χ0n) is 13.2. The molecule has 1 fully saturated rings. The first-order valence-corrected chi connectivity index (χ1v) is 8.08. The molecule has 0 aromatic carbocycles. The van der Waals surface area contributed by atoms with Gasteiger partial charge in [0.25, 0.3) is 0 Å². The highest BCUT2D eigenvalue weighted by molar-refractivity contribution is 5.76. The number of hydrogen-bond donors (Lipinski definition) is 3. The van der Waals surface area contributed by atoms with Crippen LogP contribution in [-0.2, 0) is 4.79 Å². The molecule has 2 atom stereocenters. The summed E-state index contributed by atoms with van der Waals surface area (Å²) in [5.74, 6) is -1.25. The topological polar surface area (TPSA) is 81.7 Å². The van der Waals surface area contributed by atoms with Crippen molar-refractivity contribution in [2.45, 2.75) is 52.0 Å². The maximum atomic E-state index is 11.8. The van der Waals surface area contributed by atoms with Crippen LogP contribution in [0, 0.1) is 5.92 Å². The molecule has 0 radical (unpaired) electrons. The summed E-state index contributed by atoms with van der Waals surface area (Å²) in [6.45, 7) is 7.87. The van der Waals surface area contributed by atoms with Crippen LogP contribution >= 0.6 is 0 Å². The zero-order chi connectivity index (χ0) is 15.7. The lowest BCUT2D eigenvalue weighted by atomic mass is 9.84. The summed E-state index contributed by atoms with van der Waals surface area (Å²) >= 11 is 0. The van der Waals surface area contributed by atoms with Crippen LogP contribution < -0.4 is 10.6 Å². The molecule has 6 nitrogen and oxygen atoms in total. The molecule has 0 aromatic rings. The molecule has 2 amide bonds. The van der Waals surface area contributed by atoms with Crippen molar-refractivity contribution in [3.63, 3.8) is 0 Å². The van der Waals surface area contributed by atoms with Gasteiger partial charge in [-0.2, -0.15) is 0 Å². The molecule has 0 aromatic heterocycles. The van der Waals surface area contributed by atoms with Crippen LogP contribution in [-0.4, -0.2) is 54.2 Å². The van der Waals surface area contributed by atoms with E-state index >= 15 is 0 Å². The first-order valence-electron chi connectivity index (χ1n) is 8.08. The van der Waals surface area contributed by atoms with Gasteiger partial charge in [0.2, 0.25) is 0 Å².